The van der Waals surface area contributed by atoms with Crippen LogP contribution in [0.5, 0.6) is 0 Å². The van der Waals surface area contributed by atoms with Gasteiger partial charge in [-0.3, -0.25) is 4.79 Å². The maximum absolute atomic E-state index is 11.6. The quantitative estimate of drug-likeness (QED) is 0.536. The summed E-state index contributed by atoms with van der Waals surface area (Å²) in [5, 5.41) is 0. The lowest BCUT2D eigenvalue weighted by Crippen LogP contribution is -2.43. The molecule has 1 amide bonds. The summed E-state index contributed by atoms with van der Waals surface area (Å²) < 4.78 is 0. The maximum Gasteiger partial charge on any atom is 0.225 e. The van der Waals surface area contributed by atoms with Crippen LogP contribution in [0.15, 0.2) is 12.2 Å². The highest BCUT2D eigenvalue weighted by molar-refractivity contribution is 5.80. The Kier molecular flexibility index (Phi) is 1.71. The third-order valence-electron chi connectivity index (χ3n) is 3.12. The minimum absolute atomic E-state index is 0.295. The highest BCUT2D eigenvalue weighted by atomic mass is 16.2. The SMILES string of the molecule is CN(C)C(=O)C1CC2CC=CC21. The Morgan fingerprint density at radius 1 is 1.50 bits per heavy atom. The maximum atomic E-state index is 11.6. The van der Waals surface area contributed by atoms with E-state index in [0.29, 0.717) is 17.7 Å². The molecule has 0 saturated heterocycles. The van der Waals surface area contributed by atoms with Crippen LogP contribution in [-0.2, 0) is 4.79 Å². The number of fused-ring (bicyclic) bond motifs is 1. The highest BCUT2D eigenvalue weighted by Crippen LogP contribution is 2.47. The van der Waals surface area contributed by atoms with Crippen molar-refractivity contribution in [2.75, 3.05) is 14.1 Å². The minimum Gasteiger partial charge on any atom is -0.349 e. The molecule has 1 saturated carbocycles. The molecule has 0 aromatic carbocycles. The number of rotatable bonds is 1. The van der Waals surface area contributed by atoms with E-state index in [0.717, 1.165) is 12.3 Å². The molecule has 2 heteroatoms. The topological polar surface area (TPSA) is 20.3 Å². The van der Waals surface area contributed by atoms with Crippen molar-refractivity contribution in [1.82, 2.24) is 4.90 Å². The molecule has 2 nitrogen and oxygen atoms in total. The standard InChI is InChI=1S/C10H15NO/c1-11(2)10(12)9-6-7-4-3-5-8(7)9/h3,5,7-9H,4,6H2,1-2H3. The molecule has 12 heavy (non-hydrogen) atoms. The van der Waals surface area contributed by atoms with Crippen LogP contribution >= 0.6 is 0 Å². The Balaban J connectivity index is 2.00. The monoisotopic (exact) mass is 165 g/mol. The zero-order valence-corrected chi connectivity index (χ0v) is 7.66. The number of amides is 1. The third kappa shape index (κ3) is 0.977. The molecule has 0 aromatic rings. The van der Waals surface area contributed by atoms with Gasteiger partial charge in [0.1, 0.15) is 0 Å². The molecule has 0 radical (unpaired) electrons. The number of carbonyl (C=O) groups is 1. The van der Waals surface area contributed by atoms with Crippen molar-refractivity contribution in [2.45, 2.75) is 12.8 Å². The number of carbonyl (C=O) groups excluding carboxylic acids is 1. The fourth-order valence-electron chi connectivity index (χ4n) is 2.33. The van der Waals surface area contributed by atoms with Crippen LogP contribution in [0.4, 0.5) is 0 Å². The van der Waals surface area contributed by atoms with Crippen molar-refractivity contribution in [1.29, 1.82) is 0 Å². The summed E-state index contributed by atoms with van der Waals surface area (Å²) >= 11 is 0. The van der Waals surface area contributed by atoms with E-state index < -0.39 is 0 Å². The van der Waals surface area contributed by atoms with E-state index in [1.807, 2.05) is 14.1 Å². The van der Waals surface area contributed by atoms with E-state index in [9.17, 15) is 4.79 Å². The van der Waals surface area contributed by atoms with Gasteiger partial charge in [-0.05, 0) is 24.7 Å². The molecule has 3 unspecified atom stereocenters. The molecule has 66 valence electrons. The van der Waals surface area contributed by atoms with Crippen molar-refractivity contribution in [3.63, 3.8) is 0 Å². The first-order valence-corrected chi connectivity index (χ1v) is 4.58. The second-order valence-corrected chi connectivity index (χ2v) is 4.08. The Bertz CT molecular complexity index is 232. The number of allylic oxidation sites excluding steroid dienone is 2. The van der Waals surface area contributed by atoms with Gasteiger partial charge < -0.3 is 4.90 Å². The summed E-state index contributed by atoms with van der Waals surface area (Å²) in [6.45, 7) is 0. The summed E-state index contributed by atoms with van der Waals surface area (Å²) in [5.74, 6) is 1.96. The number of hydrogen-bond donors (Lipinski definition) is 0. The molecule has 3 atom stereocenters. The van der Waals surface area contributed by atoms with Crippen LogP contribution in [0, 0.1) is 17.8 Å². The van der Waals surface area contributed by atoms with Crippen LogP contribution in [0.1, 0.15) is 12.8 Å². The van der Waals surface area contributed by atoms with Gasteiger partial charge in [0.05, 0.1) is 0 Å². The van der Waals surface area contributed by atoms with E-state index >= 15 is 0 Å². The third-order valence-corrected chi connectivity index (χ3v) is 3.12. The largest absolute Gasteiger partial charge is 0.349 e. The van der Waals surface area contributed by atoms with Crippen LogP contribution < -0.4 is 0 Å². The van der Waals surface area contributed by atoms with Crippen molar-refractivity contribution < 1.29 is 4.79 Å². The van der Waals surface area contributed by atoms with E-state index in [1.54, 1.807) is 4.90 Å². The van der Waals surface area contributed by atoms with Crippen LogP contribution in [0.25, 0.3) is 0 Å². The number of hydrogen-bond acceptors (Lipinski definition) is 1. The molecule has 2 aliphatic carbocycles. The van der Waals surface area contributed by atoms with E-state index in [1.165, 1.54) is 6.42 Å². The molecule has 0 aliphatic heterocycles. The van der Waals surface area contributed by atoms with Gasteiger partial charge in [-0.1, -0.05) is 12.2 Å². The molecule has 2 rings (SSSR count). The van der Waals surface area contributed by atoms with Crippen molar-refractivity contribution in [2.24, 2.45) is 17.8 Å². The first kappa shape index (κ1) is 7.84. The smallest absolute Gasteiger partial charge is 0.225 e. The van der Waals surface area contributed by atoms with Gasteiger partial charge in [-0.2, -0.15) is 0 Å². The average molecular weight is 165 g/mol. The molecular weight excluding hydrogens is 150 g/mol. The predicted octanol–water partition coefficient (Wildman–Crippen LogP) is 1.29. The Morgan fingerprint density at radius 2 is 2.25 bits per heavy atom. The first-order valence-electron chi connectivity index (χ1n) is 4.58. The van der Waals surface area contributed by atoms with Gasteiger partial charge >= 0.3 is 0 Å². The average Bonchev–Trinajstić information content (AvgIpc) is 2.32. The van der Waals surface area contributed by atoms with Gasteiger partial charge in [-0.15, -0.1) is 0 Å². The molecule has 0 aromatic heterocycles. The summed E-state index contributed by atoms with van der Waals surface area (Å²) in [6, 6.07) is 0. The zero-order chi connectivity index (χ0) is 8.72. The van der Waals surface area contributed by atoms with Gasteiger partial charge in [0.15, 0.2) is 0 Å². The fourth-order valence-corrected chi connectivity index (χ4v) is 2.33. The molecular formula is C10H15NO. The van der Waals surface area contributed by atoms with E-state index in [4.69, 9.17) is 0 Å². The minimum atomic E-state index is 0.295. The fraction of sp³-hybridized carbons (Fsp3) is 0.700. The lowest BCUT2D eigenvalue weighted by atomic mass is 9.66. The van der Waals surface area contributed by atoms with E-state index in [-0.39, 0.29) is 0 Å². The van der Waals surface area contributed by atoms with Gasteiger partial charge in [0, 0.05) is 20.0 Å². The molecule has 0 N–H and O–H groups in total. The van der Waals surface area contributed by atoms with Crippen LogP contribution in [-0.4, -0.2) is 24.9 Å². The lowest BCUT2D eigenvalue weighted by molar-refractivity contribution is -0.139. The summed E-state index contributed by atoms with van der Waals surface area (Å²) in [7, 11) is 3.68. The normalized spacial score (nSPS) is 37.3. The Labute approximate surface area is 73.2 Å². The van der Waals surface area contributed by atoms with Crippen molar-refractivity contribution in [3.8, 4) is 0 Å². The molecule has 0 spiro atoms. The highest BCUT2D eigenvalue weighted by Gasteiger charge is 2.45. The van der Waals surface area contributed by atoms with Crippen molar-refractivity contribution >= 4 is 5.91 Å². The number of nitrogens with zero attached hydrogens (tertiary/aromatic N) is 1. The molecule has 0 heterocycles. The molecule has 1 fully saturated rings. The van der Waals surface area contributed by atoms with E-state index in [2.05, 4.69) is 12.2 Å². The Hall–Kier alpha value is -0.790. The van der Waals surface area contributed by atoms with Gasteiger partial charge in [0.2, 0.25) is 5.91 Å². The van der Waals surface area contributed by atoms with Crippen LogP contribution in [0.3, 0.4) is 0 Å². The van der Waals surface area contributed by atoms with Crippen LogP contribution in [0.2, 0.25) is 0 Å². The molecule has 2 aliphatic rings. The lowest BCUT2D eigenvalue weighted by Gasteiger charge is -2.40. The first-order chi connectivity index (χ1) is 5.70. The van der Waals surface area contributed by atoms with Gasteiger partial charge in [-0.25, -0.2) is 0 Å². The second-order valence-electron chi connectivity index (χ2n) is 4.08. The predicted molar refractivity (Wildman–Crippen MR) is 47.5 cm³/mol. The Morgan fingerprint density at radius 3 is 2.83 bits per heavy atom. The second kappa shape index (κ2) is 2.61. The van der Waals surface area contributed by atoms with Crippen molar-refractivity contribution in [3.05, 3.63) is 12.2 Å². The summed E-state index contributed by atoms with van der Waals surface area (Å²) in [6.07, 6.45) is 6.75. The summed E-state index contributed by atoms with van der Waals surface area (Å²) in [5.41, 5.74) is 0. The summed E-state index contributed by atoms with van der Waals surface area (Å²) in [4.78, 5) is 13.3. The molecule has 0 bridgehead atoms. The van der Waals surface area contributed by atoms with Gasteiger partial charge in [0.25, 0.3) is 0 Å². The zero-order valence-electron chi connectivity index (χ0n) is 7.66.